The lowest BCUT2D eigenvalue weighted by molar-refractivity contribution is -0.156. The van der Waals surface area contributed by atoms with E-state index in [-0.39, 0.29) is 11.8 Å². The maximum absolute atomic E-state index is 12.5. The average Bonchev–Trinajstić information content (AvgIpc) is 2.52. The van der Waals surface area contributed by atoms with E-state index >= 15 is 0 Å². The molecule has 2 aromatic carbocycles. The molecule has 0 unspecified atom stereocenters. The predicted octanol–water partition coefficient (Wildman–Crippen LogP) is 4.36. The highest BCUT2D eigenvalue weighted by molar-refractivity contribution is 6.09. The molecule has 0 bridgehead atoms. The highest BCUT2D eigenvalue weighted by Crippen LogP contribution is 2.22. The van der Waals surface area contributed by atoms with Gasteiger partial charge in [0, 0.05) is 11.1 Å². The highest BCUT2D eigenvalue weighted by atomic mass is 16.6. The number of rotatable bonds is 4. The van der Waals surface area contributed by atoms with Crippen LogP contribution in [0.15, 0.2) is 54.6 Å². The maximum atomic E-state index is 12.5. The summed E-state index contributed by atoms with van der Waals surface area (Å²) in [5, 5.41) is 0. The molecular weight excluding hydrogens is 288 g/mol. The van der Waals surface area contributed by atoms with E-state index in [1.54, 1.807) is 37.3 Å². The third-order valence-corrected chi connectivity index (χ3v) is 3.45. The first kappa shape index (κ1) is 16.9. The molecule has 3 heteroatoms. The summed E-state index contributed by atoms with van der Waals surface area (Å²) in [7, 11) is 0. The lowest BCUT2D eigenvalue weighted by atomic mass is 9.95. The van der Waals surface area contributed by atoms with Crippen molar-refractivity contribution in [3.05, 3.63) is 71.3 Å². The topological polar surface area (TPSA) is 43.4 Å². The molecule has 0 spiro atoms. The second kappa shape index (κ2) is 6.78. The smallest absolute Gasteiger partial charge is 0.313 e. The number of carbonyl (C=O) groups is 2. The largest absolute Gasteiger partial charge is 0.460 e. The minimum absolute atomic E-state index is 0.0520. The zero-order valence-electron chi connectivity index (χ0n) is 14.0. The number of hydrogen-bond acceptors (Lipinski definition) is 3. The van der Waals surface area contributed by atoms with Crippen molar-refractivity contribution in [1.29, 1.82) is 0 Å². The molecule has 0 aromatic heterocycles. The Morgan fingerprint density at radius 3 is 2.13 bits per heavy atom. The molecule has 3 nitrogen and oxygen atoms in total. The lowest BCUT2D eigenvalue weighted by Gasteiger charge is -2.22. The Kier molecular flexibility index (Phi) is 4.99. The molecule has 0 fully saturated rings. The summed E-state index contributed by atoms with van der Waals surface area (Å²) in [6.07, 6.45) is 0. The zero-order valence-corrected chi connectivity index (χ0v) is 14.0. The molecule has 1 atom stereocenters. The van der Waals surface area contributed by atoms with Gasteiger partial charge in [-0.2, -0.15) is 0 Å². The van der Waals surface area contributed by atoms with Gasteiger partial charge in [-0.15, -0.1) is 0 Å². The van der Waals surface area contributed by atoms with Crippen LogP contribution in [0.2, 0.25) is 0 Å². The van der Waals surface area contributed by atoms with Crippen LogP contribution in [0.4, 0.5) is 0 Å². The van der Waals surface area contributed by atoms with Gasteiger partial charge in [0.2, 0.25) is 0 Å². The summed E-state index contributed by atoms with van der Waals surface area (Å²) >= 11 is 0. The Balaban J connectivity index is 2.23. The average molecular weight is 310 g/mol. The van der Waals surface area contributed by atoms with Crippen LogP contribution >= 0.6 is 0 Å². The molecule has 0 aliphatic rings. The molecule has 120 valence electrons. The van der Waals surface area contributed by atoms with Crippen LogP contribution in [0.25, 0.3) is 0 Å². The van der Waals surface area contributed by atoms with Crippen LogP contribution in [0.1, 0.15) is 55.1 Å². The van der Waals surface area contributed by atoms with Crippen LogP contribution in [-0.4, -0.2) is 17.4 Å². The zero-order chi connectivity index (χ0) is 17.0. The molecule has 0 amide bonds. The van der Waals surface area contributed by atoms with Crippen molar-refractivity contribution in [3.8, 4) is 0 Å². The van der Waals surface area contributed by atoms with Crippen molar-refractivity contribution >= 4 is 11.8 Å². The van der Waals surface area contributed by atoms with Gasteiger partial charge in [0.1, 0.15) is 5.60 Å². The fourth-order valence-electron chi connectivity index (χ4n) is 2.23. The summed E-state index contributed by atoms with van der Waals surface area (Å²) in [5.41, 5.74) is 1.46. The van der Waals surface area contributed by atoms with Gasteiger partial charge < -0.3 is 4.74 Å². The monoisotopic (exact) mass is 310 g/mol. The van der Waals surface area contributed by atoms with Crippen LogP contribution in [0, 0.1) is 0 Å². The first-order chi connectivity index (χ1) is 10.8. The molecular formula is C20H22O3. The van der Waals surface area contributed by atoms with Gasteiger partial charge in [0.25, 0.3) is 0 Å². The van der Waals surface area contributed by atoms with E-state index in [0.29, 0.717) is 11.1 Å². The van der Waals surface area contributed by atoms with Gasteiger partial charge in [0.05, 0.1) is 5.92 Å². The molecule has 0 aliphatic heterocycles. The summed E-state index contributed by atoms with van der Waals surface area (Å²) in [4.78, 5) is 24.7. The Morgan fingerprint density at radius 2 is 1.52 bits per heavy atom. The Labute approximate surface area is 137 Å². The number of hydrogen-bond donors (Lipinski definition) is 0. The second-order valence-electron chi connectivity index (χ2n) is 6.58. The summed E-state index contributed by atoms with van der Waals surface area (Å²) in [6, 6.07) is 16.3. The lowest BCUT2D eigenvalue weighted by Crippen LogP contribution is -2.26. The first-order valence-electron chi connectivity index (χ1n) is 7.70. The van der Waals surface area contributed by atoms with Crippen molar-refractivity contribution in [3.63, 3.8) is 0 Å². The van der Waals surface area contributed by atoms with Crippen molar-refractivity contribution in [2.45, 2.75) is 39.2 Å². The van der Waals surface area contributed by atoms with E-state index in [9.17, 15) is 9.59 Å². The third kappa shape index (κ3) is 4.52. The molecule has 0 N–H and O–H groups in total. The normalized spacial score (nSPS) is 12.5. The number of ketones is 1. The fourth-order valence-corrected chi connectivity index (χ4v) is 2.23. The van der Waals surface area contributed by atoms with E-state index in [0.717, 1.165) is 5.56 Å². The Bertz CT molecular complexity index is 696. The minimum atomic E-state index is -0.525. The first-order valence-corrected chi connectivity index (χ1v) is 7.70. The number of benzene rings is 2. The second-order valence-corrected chi connectivity index (χ2v) is 6.58. The van der Waals surface area contributed by atoms with Crippen LogP contribution in [0.3, 0.4) is 0 Å². The molecule has 0 radical (unpaired) electrons. The van der Waals surface area contributed by atoms with E-state index < -0.39 is 11.5 Å². The highest BCUT2D eigenvalue weighted by Gasteiger charge is 2.23. The molecule has 0 aliphatic carbocycles. The number of esters is 1. The predicted molar refractivity (Wildman–Crippen MR) is 90.6 cm³/mol. The van der Waals surface area contributed by atoms with Gasteiger partial charge in [-0.1, -0.05) is 48.5 Å². The summed E-state index contributed by atoms with van der Waals surface area (Å²) in [5.74, 6) is -0.761. The van der Waals surface area contributed by atoms with Crippen molar-refractivity contribution in [2.75, 3.05) is 0 Å². The van der Waals surface area contributed by atoms with E-state index in [1.165, 1.54) is 0 Å². The van der Waals surface area contributed by atoms with Crippen molar-refractivity contribution in [1.82, 2.24) is 0 Å². The molecule has 23 heavy (non-hydrogen) atoms. The molecule has 0 saturated heterocycles. The van der Waals surface area contributed by atoms with Crippen LogP contribution in [0.5, 0.6) is 0 Å². The van der Waals surface area contributed by atoms with E-state index in [4.69, 9.17) is 4.74 Å². The SMILES string of the molecule is C[C@@H](C(=O)OC(C)(C)C)c1cccc(C(=O)c2ccccc2)c1. The Hall–Kier alpha value is -2.42. The van der Waals surface area contributed by atoms with Gasteiger partial charge in [-0.25, -0.2) is 0 Å². The molecule has 2 rings (SSSR count). The third-order valence-electron chi connectivity index (χ3n) is 3.45. The molecule has 0 heterocycles. The quantitative estimate of drug-likeness (QED) is 0.622. The van der Waals surface area contributed by atoms with Crippen LogP contribution < -0.4 is 0 Å². The van der Waals surface area contributed by atoms with E-state index in [2.05, 4.69) is 0 Å². The molecule has 2 aromatic rings. The van der Waals surface area contributed by atoms with Crippen LogP contribution in [-0.2, 0) is 9.53 Å². The maximum Gasteiger partial charge on any atom is 0.313 e. The fraction of sp³-hybridized carbons (Fsp3) is 0.300. The Morgan fingerprint density at radius 1 is 0.913 bits per heavy atom. The van der Waals surface area contributed by atoms with Gasteiger partial charge in [-0.3, -0.25) is 9.59 Å². The van der Waals surface area contributed by atoms with Crippen molar-refractivity contribution in [2.24, 2.45) is 0 Å². The van der Waals surface area contributed by atoms with Gasteiger partial charge >= 0.3 is 5.97 Å². The minimum Gasteiger partial charge on any atom is -0.460 e. The van der Waals surface area contributed by atoms with E-state index in [1.807, 2.05) is 45.0 Å². The summed E-state index contributed by atoms with van der Waals surface area (Å²) < 4.78 is 5.42. The standard InChI is InChI=1S/C20H22O3/c1-14(19(22)23-20(2,3)4)16-11-8-12-17(13-16)18(21)15-9-6-5-7-10-15/h5-14H,1-4H3/t14-/m1/s1. The molecule has 0 saturated carbocycles. The number of carbonyl (C=O) groups excluding carboxylic acids is 2. The van der Waals surface area contributed by atoms with Gasteiger partial charge in [-0.05, 0) is 39.3 Å². The van der Waals surface area contributed by atoms with Crippen molar-refractivity contribution < 1.29 is 14.3 Å². The summed E-state index contributed by atoms with van der Waals surface area (Å²) in [6.45, 7) is 7.31. The number of ether oxygens (including phenoxy) is 1. The van der Waals surface area contributed by atoms with Gasteiger partial charge in [0.15, 0.2) is 5.78 Å².